The lowest BCUT2D eigenvalue weighted by Crippen LogP contribution is -2.43. The van der Waals surface area contributed by atoms with Gasteiger partial charge in [-0.1, -0.05) is 57.2 Å². The first-order valence-corrected chi connectivity index (χ1v) is 13.1. The van der Waals surface area contributed by atoms with Crippen molar-refractivity contribution in [2.24, 2.45) is 5.92 Å². The van der Waals surface area contributed by atoms with Gasteiger partial charge in [-0.15, -0.1) is 0 Å². The molecule has 154 valence electrons. The van der Waals surface area contributed by atoms with Crippen LogP contribution in [0, 0.1) is 5.92 Å². The molecule has 0 N–H and O–H groups in total. The molecule has 4 nitrogen and oxygen atoms in total. The minimum absolute atomic E-state index is 0.109. The molecular formula is C24H30O4Si. The van der Waals surface area contributed by atoms with Crippen LogP contribution >= 0.6 is 0 Å². The maximum atomic E-state index is 12.9. The van der Waals surface area contributed by atoms with E-state index < -0.39 is 20.2 Å². The second kappa shape index (κ2) is 7.79. The highest BCUT2D eigenvalue weighted by Crippen LogP contribution is 2.44. The average Bonchev–Trinajstić information content (AvgIpc) is 2.94. The fourth-order valence-corrected chi connectivity index (χ4v) is 4.56. The van der Waals surface area contributed by atoms with Gasteiger partial charge in [0.05, 0.1) is 6.61 Å². The van der Waals surface area contributed by atoms with Gasteiger partial charge in [0.1, 0.15) is 11.7 Å². The largest absolute Gasteiger partial charge is 0.544 e. The Labute approximate surface area is 174 Å². The topological polar surface area (TPSA) is 52.6 Å². The molecule has 2 aromatic rings. The molecule has 2 atom stereocenters. The van der Waals surface area contributed by atoms with E-state index in [9.17, 15) is 9.59 Å². The molecule has 0 amide bonds. The molecule has 0 saturated carbocycles. The summed E-state index contributed by atoms with van der Waals surface area (Å²) in [6, 6.07) is 15.3. The van der Waals surface area contributed by atoms with Crippen LogP contribution in [-0.2, 0) is 9.53 Å². The number of Topliss-reactive ketones (excluding diaryl/α,β-unsaturated/α-hetero) is 1. The lowest BCUT2D eigenvalue weighted by atomic mass is 9.85. The van der Waals surface area contributed by atoms with Crippen molar-refractivity contribution < 1.29 is 18.8 Å². The van der Waals surface area contributed by atoms with Crippen LogP contribution in [0.3, 0.4) is 0 Å². The smallest absolute Gasteiger partial charge is 0.317 e. The van der Waals surface area contributed by atoms with E-state index in [4.69, 9.17) is 9.16 Å². The number of fused-ring (bicyclic) bond motifs is 1. The second-order valence-electron chi connectivity index (χ2n) is 9.09. The fraction of sp³-hybridized carbons (Fsp3) is 0.417. The van der Waals surface area contributed by atoms with Crippen molar-refractivity contribution in [2.75, 3.05) is 6.61 Å². The number of hydrogen-bond acceptors (Lipinski definition) is 4. The Balaban J connectivity index is 1.95. The first-order chi connectivity index (χ1) is 13.6. The van der Waals surface area contributed by atoms with Crippen LogP contribution < -0.4 is 4.43 Å². The molecule has 0 aromatic heterocycles. The quantitative estimate of drug-likeness (QED) is 0.367. The van der Waals surface area contributed by atoms with E-state index in [1.54, 1.807) is 13.0 Å². The SMILES string of the molecule is CCOC(=O)C1C(=O)c2ccccc2C1c1ccc(O[Si](C)(C)C(C)(C)C)cc1. The Kier molecular flexibility index (Phi) is 5.72. The summed E-state index contributed by atoms with van der Waals surface area (Å²) in [7, 11) is -1.93. The van der Waals surface area contributed by atoms with Crippen molar-refractivity contribution in [3.63, 3.8) is 0 Å². The lowest BCUT2D eigenvalue weighted by Gasteiger charge is -2.36. The highest BCUT2D eigenvalue weighted by molar-refractivity contribution is 6.74. The van der Waals surface area contributed by atoms with E-state index in [1.807, 2.05) is 42.5 Å². The zero-order chi connectivity index (χ0) is 21.4. The van der Waals surface area contributed by atoms with Gasteiger partial charge in [0.25, 0.3) is 0 Å². The molecule has 3 rings (SSSR count). The molecule has 1 aliphatic carbocycles. The Morgan fingerprint density at radius 3 is 2.24 bits per heavy atom. The van der Waals surface area contributed by atoms with E-state index >= 15 is 0 Å². The van der Waals surface area contributed by atoms with Crippen LogP contribution in [0.15, 0.2) is 48.5 Å². The van der Waals surface area contributed by atoms with Crippen molar-refractivity contribution in [1.82, 2.24) is 0 Å². The minimum atomic E-state index is -1.93. The summed E-state index contributed by atoms with van der Waals surface area (Å²) in [4.78, 5) is 25.6. The van der Waals surface area contributed by atoms with E-state index in [-0.39, 0.29) is 23.3 Å². The highest BCUT2D eigenvalue weighted by atomic mass is 28.4. The van der Waals surface area contributed by atoms with Gasteiger partial charge in [0.2, 0.25) is 8.32 Å². The summed E-state index contributed by atoms with van der Waals surface area (Å²) < 4.78 is 11.6. The Morgan fingerprint density at radius 1 is 1.03 bits per heavy atom. The molecule has 0 bridgehead atoms. The molecule has 2 aromatic carbocycles. The van der Waals surface area contributed by atoms with Crippen molar-refractivity contribution >= 4 is 20.1 Å². The molecule has 0 radical (unpaired) electrons. The number of ether oxygens (including phenoxy) is 1. The molecule has 5 heteroatoms. The maximum absolute atomic E-state index is 12.9. The van der Waals surface area contributed by atoms with Crippen LogP contribution in [0.25, 0.3) is 0 Å². The van der Waals surface area contributed by atoms with Gasteiger partial charge in [-0.2, -0.15) is 0 Å². The standard InChI is InChI=1S/C24H30O4Si/c1-7-27-23(26)21-20(18-10-8-9-11-19(18)22(21)25)16-12-14-17(15-13-16)28-29(5,6)24(2,3)4/h8-15,20-21H,7H2,1-6H3. The average molecular weight is 411 g/mol. The maximum Gasteiger partial charge on any atom is 0.317 e. The van der Waals surface area contributed by atoms with Crippen molar-refractivity contribution in [2.45, 2.75) is 51.7 Å². The highest BCUT2D eigenvalue weighted by Gasteiger charge is 2.46. The van der Waals surface area contributed by atoms with Gasteiger partial charge >= 0.3 is 5.97 Å². The summed E-state index contributed by atoms with van der Waals surface area (Å²) in [5.41, 5.74) is 2.41. The Hall–Kier alpha value is -2.40. The Morgan fingerprint density at radius 2 is 1.66 bits per heavy atom. The number of ketones is 1. The van der Waals surface area contributed by atoms with E-state index in [2.05, 4.69) is 33.9 Å². The van der Waals surface area contributed by atoms with Gasteiger partial charge in [0.15, 0.2) is 5.78 Å². The Bertz CT molecular complexity index is 909. The first-order valence-electron chi connectivity index (χ1n) is 10.2. The molecule has 1 aliphatic rings. The van der Waals surface area contributed by atoms with Crippen LogP contribution in [-0.4, -0.2) is 26.7 Å². The third kappa shape index (κ3) is 4.01. The monoisotopic (exact) mass is 410 g/mol. The zero-order valence-electron chi connectivity index (χ0n) is 18.1. The van der Waals surface area contributed by atoms with Crippen LogP contribution in [0.1, 0.15) is 55.1 Å². The molecule has 0 fully saturated rings. The van der Waals surface area contributed by atoms with Crippen LogP contribution in [0.5, 0.6) is 5.75 Å². The minimum Gasteiger partial charge on any atom is -0.544 e. The predicted octanol–water partition coefficient (Wildman–Crippen LogP) is 5.58. The van der Waals surface area contributed by atoms with E-state index in [0.717, 1.165) is 16.9 Å². The second-order valence-corrected chi connectivity index (χ2v) is 13.8. The summed E-state index contributed by atoms with van der Waals surface area (Å²) >= 11 is 0. The van der Waals surface area contributed by atoms with Gasteiger partial charge in [0, 0.05) is 11.5 Å². The zero-order valence-corrected chi connectivity index (χ0v) is 19.1. The van der Waals surface area contributed by atoms with Gasteiger partial charge in [-0.25, -0.2) is 0 Å². The molecular weight excluding hydrogens is 380 g/mol. The lowest BCUT2D eigenvalue weighted by molar-refractivity contribution is -0.146. The number of esters is 1. The molecule has 0 heterocycles. The summed E-state index contributed by atoms with van der Waals surface area (Å²) in [6.07, 6.45) is 0. The predicted molar refractivity (Wildman–Crippen MR) is 117 cm³/mol. The summed E-state index contributed by atoms with van der Waals surface area (Å²) in [5.74, 6) is -0.962. The van der Waals surface area contributed by atoms with Crippen LogP contribution in [0.2, 0.25) is 18.1 Å². The molecule has 0 spiro atoms. The van der Waals surface area contributed by atoms with E-state index in [1.165, 1.54) is 0 Å². The number of rotatable bonds is 5. The molecule has 2 unspecified atom stereocenters. The number of carbonyl (C=O) groups excluding carboxylic acids is 2. The van der Waals surface area contributed by atoms with E-state index in [0.29, 0.717) is 5.56 Å². The van der Waals surface area contributed by atoms with Gasteiger partial charge in [-0.05, 0) is 48.3 Å². The normalized spacial score (nSPS) is 19.0. The van der Waals surface area contributed by atoms with Gasteiger partial charge < -0.3 is 9.16 Å². The number of carbonyl (C=O) groups is 2. The van der Waals surface area contributed by atoms with Gasteiger partial charge in [-0.3, -0.25) is 9.59 Å². The van der Waals surface area contributed by atoms with Crippen molar-refractivity contribution in [3.8, 4) is 5.75 Å². The molecule has 0 aliphatic heterocycles. The summed E-state index contributed by atoms with van der Waals surface area (Å²) in [5, 5.41) is 0.109. The third-order valence-corrected chi connectivity index (χ3v) is 10.5. The number of hydrogen-bond donors (Lipinski definition) is 0. The summed E-state index contributed by atoms with van der Waals surface area (Å²) in [6.45, 7) is 13.1. The fourth-order valence-electron chi connectivity index (χ4n) is 3.53. The van der Waals surface area contributed by atoms with Crippen molar-refractivity contribution in [3.05, 3.63) is 65.2 Å². The first kappa shape index (κ1) is 21.3. The molecule has 0 saturated heterocycles. The molecule has 29 heavy (non-hydrogen) atoms. The number of benzene rings is 2. The third-order valence-electron chi connectivity index (χ3n) is 6.14. The van der Waals surface area contributed by atoms with Crippen LogP contribution in [0.4, 0.5) is 0 Å². The van der Waals surface area contributed by atoms with Crippen molar-refractivity contribution in [1.29, 1.82) is 0 Å².